The van der Waals surface area contributed by atoms with Crippen molar-refractivity contribution in [1.82, 2.24) is 4.90 Å². The van der Waals surface area contributed by atoms with Gasteiger partial charge in [0.15, 0.2) is 6.54 Å². The number of benzene rings is 2. The average molecular weight is 413 g/mol. The van der Waals surface area contributed by atoms with Gasteiger partial charge in [0, 0.05) is 23.8 Å². The first kappa shape index (κ1) is 20.2. The van der Waals surface area contributed by atoms with Crippen LogP contribution >= 0.6 is 11.6 Å². The molecule has 0 saturated carbocycles. The predicted molar refractivity (Wildman–Crippen MR) is 119 cm³/mol. The molecule has 0 bridgehead atoms. The number of hydrogen-bond donors (Lipinski definition) is 1. The highest BCUT2D eigenvalue weighted by Crippen LogP contribution is 2.22. The van der Waals surface area contributed by atoms with E-state index in [-0.39, 0.29) is 0 Å². The first-order chi connectivity index (χ1) is 14.2. The molecule has 1 N–H and O–H groups in total. The molecule has 2 heterocycles. The van der Waals surface area contributed by atoms with E-state index in [1.165, 1.54) is 16.2 Å². The van der Waals surface area contributed by atoms with Crippen molar-refractivity contribution in [3.63, 3.8) is 0 Å². The number of anilines is 1. The summed E-state index contributed by atoms with van der Waals surface area (Å²) in [6.07, 6.45) is 3.39. The molecule has 5 heteroatoms. The number of nitrogens with zero attached hydrogens (tertiary/aromatic N) is 2. The van der Waals surface area contributed by atoms with Gasteiger partial charge in [-0.3, -0.25) is 4.79 Å². The molecule has 0 atom stereocenters. The summed E-state index contributed by atoms with van der Waals surface area (Å²) >= 11 is 6.12. The number of rotatable bonds is 5. The number of carbonyl (C=O) groups excluding carboxylic acids is 1. The van der Waals surface area contributed by atoms with Crippen LogP contribution in [0.5, 0.6) is 0 Å². The molecule has 2 aliphatic heterocycles. The Morgan fingerprint density at radius 1 is 0.966 bits per heavy atom. The standard InChI is InChI=1S/C24H30ClN3O/c25-22-7-4-8-23(18-22)27-15-13-26(14-16-27)19-24(29)28-11-9-21(10-12-28)17-20-5-2-1-3-6-20/h1-8,18,21H,9-17,19H2/p+1. The first-order valence-electron chi connectivity index (χ1n) is 10.8. The quantitative estimate of drug-likeness (QED) is 0.817. The molecular weight excluding hydrogens is 382 g/mol. The van der Waals surface area contributed by atoms with Crippen LogP contribution in [0.4, 0.5) is 5.69 Å². The second kappa shape index (κ2) is 9.64. The Kier molecular flexibility index (Phi) is 6.73. The minimum atomic E-state index is 0.328. The van der Waals surface area contributed by atoms with Gasteiger partial charge in [0.1, 0.15) is 0 Å². The number of carbonyl (C=O) groups is 1. The third-order valence-corrected chi connectivity index (χ3v) is 6.61. The fourth-order valence-corrected chi connectivity index (χ4v) is 4.77. The molecule has 0 radical (unpaired) electrons. The van der Waals surface area contributed by atoms with Crippen LogP contribution in [-0.4, -0.2) is 56.6 Å². The van der Waals surface area contributed by atoms with E-state index in [0.717, 1.165) is 63.6 Å². The molecule has 2 aliphatic rings. The maximum absolute atomic E-state index is 12.8. The number of amides is 1. The highest BCUT2D eigenvalue weighted by molar-refractivity contribution is 6.30. The Morgan fingerprint density at radius 2 is 1.69 bits per heavy atom. The van der Waals surface area contributed by atoms with Gasteiger partial charge in [-0.1, -0.05) is 48.0 Å². The summed E-state index contributed by atoms with van der Waals surface area (Å²) in [6.45, 7) is 6.42. The van der Waals surface area contributed by atoms with E-state index in [9.17, 15) is 4.79 Å². The van der Waals surface area contributed by atoms with Crippen molar-refractivity contribution in [2.75, 3.05) is 50.7 Å². The van der Waals surface area contributed by atoms with Gasteiger partial charge in [-0.25, -0.2) is 0 Å². The minimum absolute atomic E-state index is 0.328. The maximum atomic E-state index is 12.8. The van der Waals surface area contributed by atoms with Crippen molar-refractivity contribution in [3.05, 3.63) is 65.2 Å². The van der Waals surface area contributed by atoms with Crippen LogP contribution in [0.15, 0.2) is 54.6 Å². The van der Waals surface area contributed by atoms with Crippen LogP contribution < -0.4 is 9.80 Å². The fourth-order valence-electron chi connectivity index (χ4n) is 4.59. The number of hydrogen-bond acceptors (Lipinski definition) is 2. The van der Waals surface area contributed by atoms with Crippen molar-refractivity contribution < 1.29 is 9.69 Å². The van der Waals surface area contributed by atoms with Gasteiger partial charge in [-0.2, -0.15) is 0 Å². The zero-order valence-corrected chi connectivity index (χ0v) is 17.8. The molecule has 0 aromatic heterocycles. The molecule has 29 heavy (non-hydrogen) atoms. The lowest BCUT2D eigenvalue weighted by atomic mass is 9.90. The summed E-state index contributed by atoms with van der Waals surface area (Å²) < 4.78 is 0. The van der Waals surface area contributed by atoms with Gasteiger partial charge < -0.3 is 14.7 Å². The summed E-state index contributed by atoms with van der Waals surface area (Å²) in [4.78, 5) is 18.7. The number of piperazine rings is 1. The zero-order valence-electron chi connectivity index (χ0n) is 17.0. The molecule has 154 valence electrons. The molecule has 1 amide bonds. The molecule has 0 unspecified atom stereocenters. The van der Waals surface area contributed by atoms with Crippen molar-refractivity contribution in [2.45, 2.75) is 19.3 Å². The van der Waals surface area contributed by atoms with E-state index in [2.05, 4.69) is 46.2 Å². The third-order valence-electron chi connectivity index (χ3n) is 6.38. The molecule has 0 aliphatic carbocycles. The monoisotopic (exact) mass is 412 g/mol. The van der Waals surface area contributed by atoms with E-state index >= 15 is 0 Å². The molecule has 0 spiro atoms. The lowest BCUT2D eigenvalue weighted by molar-refractivity contribution is -0.892. The Balaban J connectivity index is 1.20. The Labute approximate surface area is 179 Å². The predicted octanol–water partition coefficient (Wildman–Crippen LogP) is 2.53. The van der Waals surface area contributed by atoms with E-state index in [1.54, 1.807) is 0 Å². The molecular formula is C24H31ClN3O+. The number of nitrogens with one attached hydrogen (secondary N) is 1. The van der Waals surface area contributed by atoms with Gasteiger partial charge in [-0.15, -0.1) is 0 Å². The van der Waals surface area contributed by atoms with E-state index in [4.69, 9.17) is 11.6 Å². The largest absolute Gasteiger partial charge is 0.360 e. The smallest absolute Gasteiger partial charge is 0.277 e. The summed E-state index contributed by atoms with van der Waals surface area (Å²) in [5.41, 5.74) is 2.60. The summed E-state index contributed by atoms with van der Waals surface area (Å²) in [6, 6.07) is 18.8. The molecule has 2 aromatic carbocycles. The zero-order chi connectivity index (χ0) is 20.1. The van der Waals surface area contributed by atoms with Crippen molar-refractivity contribution >= 4 is 23.2 Å². The molecule has 2 saturated heterocycles. The van der Waals surface area contributed by atoms with Crippen LogP contribution in [0.1, 0.15) is 18.4 Å². The van der Waals surface area contributed by atoms with Gasteiger partial charge in [0.05, 0.1) is 26.2 Å². The van der Waals surface area contributed by atoms with Crippen LogP contribution in [0.25, 0.3) is 0 Å². The number of halogens is 1. The van der Waals surface area contributed by atoms with Gasteiger partial charge in [-0.05, 0) is 48.9 Å². The molecule has 2 fully saturated rings. The first-order valence-corrected chi connectivity index (χ1v) is 11.2. The van der Waals surface area contributed by atoms with E-state index < -0.39 is 0 Å². The summed E-state index contributed by atoms with van der Waals surface area (Å²) in [5.74, 6) is 1.03. The van der Waals surface area contributed by atoms with Gasteiger partial charge in [0.25, 0.3) is 5.91 Å². The number of likely N-dealkylation sites (tertiary alicyclic amines) is 1. The van der Waals surface area contributed by atoms with Gasteiger partial charge in [0.2, 0.25) is 0 Å². The Morgan fingerprint density at radius 3 is 2.38 bits per heavy atom. The van der Waals surface area contributed by atoms with Crippen LogP contribution in [-0.2, 0) is 11.2 Å². The third kappa shape index (κ3) is 5.52. The summed E-state index contributed by atoms with van der Waals surface area (Å²) in [5, 5.41) is 0.781. The van der Waals surface area contributed by atoms with Gasteiger partial charge >= 0.3 is 0 Å². The van der Waals surface area contributed by atoms with Crippen LogP contribution in [0.2, 0.25) is 5.02 Å². The normalized spacial score (nSPS) is 18.8. The topological polar surface area (TPSA) is 28.0 Å². The second-order valence-electron chi connectivity index (χ2n) is 8.41. The van der Waals surface area contributed by atoms with E-state index in [1.807, 2.05) is 18.2 Å². The summed E-state index contributed by atoms with van der Waals surface area (Å²) in [7, 11) is 0. The second-order valence-corrected chi connectivity index (χ2v) is 8.84. The number of piperidine rings is 1. The van der Waals surface area contributed by atoms with Crippen LogP contribution in [0.3, 0.4) is 0 Å². The minimum Gasteiger partial charge on any atom is -0.360 e. The SMILES string of the molecule is O=C(C[NH+]1CCN(c2cccc(Cl)c2)CC1)N1CCC(Cc2ccccc2)CC1. The Bertz CT molecular complexity index is 797. The highest BCUT2D eigenvalue weighted by atomic mass is 35.5. The average Bonchev–Trinajstić information content (AvgIpc) is 2.75. The lowest BCUT2D eigenvalue weighted by Gasteiger charge is -2.36. The van der Waals surface area contributed by atoms with Crippen molar-refractivity contribution in [3.8, 4) is 0 Å². The molecule has 4 rings (SSSR count). The fraction of sp³-hybridized carbons (Fsp3) is 0.458. The molecule has 4 nitrogen and oxygen atoms in total. The lowest BCUT2D eigenvalue weighted by Crippen LogP contribution is -3.16. The van der Waals surface area contributed by atoms with E-state index in [0.29, 0.717) is 18.4 Å². The maximum Gasteiger partial charge on any atom is 0.277 e. The highest BCUT2D eigenvalue weighted by Gasteiger charge is 2.27. The molecule has 2 aromatic rings. The van der Waals surface area contributed by atoms with Crippen LogP contribution in [0, 0.1) is 5.92 Å². The Hall–Kier alpha value is -2.04. The van der Waals surface area contributed by atoms with Crippen molar-refractivity contribution in [1.29, 1.82) is 0 Å². The number of quaternary nitrogens is 1. The van der Waals surface area contributed by atoms with Crippen molar-refractivity contribution in [2.24, 2.45) is 5.92 Å².